The standard InChI is InChI=1S/C13H20FN3O3S.ClH/c1-10(15-2)9-16-13(18)7-8-17-21(19,20)12-6-4-3-5-11(12)14;/h3-6,10,15,17H,7-9H2,1-2H3,(H,16,18);1H. The van der Waals surface area contributed by atoms with Gasteiger partial charge in [-0.1, -0.05) is 12.1 Å². The molecule has 1 aromatic rings. The second kappa shape index (κ2) is 9.73. The Morgan fingerprint density at radius 2 is 1.95 bits per heavy atom. The molecular weight excluding hydrogens is 333 g/mol. The summed E-state index contributed by atoms with van der Waals surface area (Å²) >= 11 is 0. The highest BCUT2D eigenvalue weighted by atomic mass is 35.5. The van der Waals surface area contributed by atoms with Crippen LogP contribution in [0.15, 0.2) is 29.2 Å². The summed E-state index contributed by atoms with van der Waals surface area (Å²) in [6, 6.07) is 5.21. The van der Waals surface area contributed by atoms with E-state index in [0.717, 1.165) is 6.07 Å². The number of benzene rings is 1. The maximum absolute atomic E-state index is 13.4. The molecule has 126 valence electrons. The lowest BCUT2D eigenvalue weighted by Crippen LogP contribution is -2.38. The molecule has 0 saturated heterocycles. The molecule has 1 atom stereocenters. The van der Waals surface area contributed by atoms with Crippen LogP contribution in [0.5, 0.6) is 0 Å². The molecular formula is C13H21ClFN3O3S. The normalized spacial score (nSPS) is 12.3. The van der Waals surface area contributed by atoms with Gasteiger partial charge in [0.1, 0.15) is 10.7 Å². The lowest BCUT2D eigenvalue weighted by Gasteiger charge is -2.11. The Balaban J connectivity index is 0.00000441. The smallest absolute Gasteiger partial charge is 0.243 e. The van der Waals surface area contributed by atoms with Gasteiger partial charge in [0, 0.05) is 25.6 Å². The molecule has 0 aliphatic rings. The average Bonchev–Trinajstić information content (AvgIpc) is 2.44. The van der Waals surface area contributed by atoms with Gasteiger partial charge in [-0.3, -0.25) is 4.79 Å². The van der Waals surface area contributed by atoms with Gasteiger partial charge in [-0.2, -0.15) is 0 Å². The number of carbonyl (C=O) groups is 1. The van der Waals surface area contributed by atoms with E-state index in [-0.39, 0.29) is 37.3 Å². The Morgan fingerprint density at radius 3 is 2.55 bits per heavy atom. The third-order valence-electron chi connectivity index (χ3n) is 2.87. The number of likely N-dealkylation sites (N-methyl/N-ethyl adjacent to an activating group) is 1. The summed E-state index contributed by atoms with van der Waals surface area (Å²) < 4.78 is 39.3. The van der Waals surface area contributed by atoms with E-state index in [4.69, 9.17) is 0 Å². The van der Waals surface area contributed by atoms with Crippen LogP contribution in [0.3, 0.4) is 0 Å². The van der Waals surface area contributed by atoms with Crippen LogP contribution in [-0.2, 0) is 14.8 Å². The second-order valence-electron chi connectivity index (χ2n) is 4.57. The minimum absolute atomic E-state index is 0. The molecule has 0 aliphatic heterocycles. The van der Waals surface area contributed by atoms with Crippen molar-refractivity contribution in [3.63, 3.8) is 0 Å². The highest BCUT2D eigenvalue weighted by Gasteiger charge is 2.18. The number of halogens is 2. The molecule has 3 N–H and O–H groups in total. The van der Waals surface area contributed by atoms with Crippen LogP contribution >= 0.6 is 12.4 Å². The monoisotopic (exact) mass is 353 g/mol. The molecule has 0 saturated carbocycles. The molecule has 0 radical (unpaired) electrons. The van der Waals surface area contributed by atoms with Crippen LogP contribution in [0.25, 0.3) is 0 Å². The Labute approximate surface area is 136 Å². The van der Waals surface area contributed by atoms with Crippen LogP contribution in [0.4, 0.5) is 4.39 Å². The van der Waals surface area contributed by atoms with E-state index in [1.54, 1.807) is 7.05 Å². The first-order chi connectivity index (χ1) is 9.86. The van der Waals surface area contributed by atoms with E-state index in [1.807, 2.05) is 6.92 Å². The first kappa shape index (κ1) is 20.8. The van der Waals surface area contributed by atoms with E-state index in [0.29, 0.717) is 6.54 Å². The number of hydrogen-bond donors (Lipinski definition) is 3. The van der Waals surface area contributed by atoms with E-state index >= 15 is 0 Å². The van der Waals surface area contributed by atoms with Gasteiger partial charge in [-0.25, -0.2) is 17.5 Å². The molecule has 0 aliphatic carbocycles. The molecule has 22 heavy (non-hydrogen) atoms. The molecule has 0 spiro atoms. The van der Waals surface area contributed by atoms with Crippen molar-refractivity contribution in [3.8, 4) is 0 Å². The van der Waals surface area contributed by atoms with Crippen molar-refractivity contribution in [2.45, 2.75) is 24.3 Å². The summed E-state index contributed by atoms with van der Waals surface area (Å²) in [5.41, 5.74) is 0. The van der Waals surface area contributed by atoms with Crippen LogP contribution in [0.1, 0.15) is 13.3 Å². The molecule has 9 heteroatoms. The predicted molar refractivity (Wildman–Crippen MR) is 85.0 cm³/mol. The van der Waals surface area contributed by atoms with E-state index in [1.165, 1.54) is 18.2 Å². The number of amides is 1. The van der Waals surface area contributed by atoms with Crippen molar-refractivity contribution in [2.75, 3.05) is 20.1 Å². The van der Waals surface area contributed by atoms with Gasteiger partial charge in [0.25, 0.3) is 0 Å². The van der Waals surface area contributed by atoms with Crippen LogP contribution in [0, 0.1) is 5.82 Å². The topological polar surface area (TPSA) is 87.3 Å². The number of rotatable bonds is 8. The van der Waals surface area contributed by atoms with Crippen LogP contribution in [0.2, 0.25) is 0 Å². The van der Waals surface area contributed by atoms with Crippen molar-refractivity contribution in [1.29, 1.82) is 0 Å². The van der Waals surface area contributed by atoms with Gasteiger partial charge < -0.3 is 10.6 Å². The van der Waals surface area contributed by atoms with Gasteiger partial charge in [0.2, 0.25) is 15.9 Å². The Kier molecular flexibility index (Phi) is 9.19. The Hall–Kier alpha value is -1.22. The van der Waals surface area contributed by atoms with Gasteiger partial charge >= 0.3 is 0 Å². The van der Waals surface area contributed by atoms with Crippen LogP contribution in [-0.4, -0.2) is 40.5 Å². The van der Waals surface area contributed by atoms with Gasteiger partial charge in [-0.15, -0.1) is 12.4 Å². The van der Waals surface area contributed by atoms with E-state index in [9.17, 15) is 17.6 Å². The summed E-state index contributed by atoms with van der Waals surface area (Å²) in [6.45, 7) is 2.27. The molecule has 1 unspecified atom stereocenters. The van der Waals surface area contributed by atoms with Crippen molar-refractivity contribution in [1.82, 2.24) is 15.4 Å². The van der Waals surface area contributed by atoms with Crippen molar-refractivity contribution in [3.05, 3.63) is 30.1 Å². The fraction of sp³-hybridized carbons (Fsp3) is 0.462. The fourth-order valence-electron chi connectivity index (χ4n) is 1.50. The molecule has 0 aromatic heterocycles. The van der Waals surface area contributed by atoms with Crippen molar-refractivity contribution in [2.24, 2.45) is 0 Å². The number of hydrogen-bond acceptors (Lipinski definition) is 4. The fourth-order valence-corrected chi connectivity index (χ4v) is 2.61. The van der Waals surface area contributed by atoms with Crippen LogP contribution < -0.4 is 15.4 Å². The zero-order valence-corrected chi connectivity index (χ0v) is 14.1. The summed E-state index contributed by atoms with van der Waals surface area (Å²) in [4.78, 5) is 11.1. The first-order valence-electron chi connectivity index (χ1n) is 6.55. The SMILES string of the molecule is CNC(C)CNC(=O)CCNS(=O)(=O)c1ccccc1F.Cl. The molecule has 6 nitrogen and oxygen atoms in total. The zero-order chi connectivity index (χ0) is 15.9. The van der Waals surface area contributed by atoms with Crippen molar-refractivity contribution >= 4 is 28.3 Å². The lowest BCUT2D eigenvalue weighted by molar-refractivity contribution is -0.121. The summed E-state index contributed by atoms with van der Waals surface area (Å²) in [6.07, 6.45) is -0.00980. The Morgan fingerprint density at radius 1 is 1.32 bits per heavy atom. The summed E-state index contributed by atoms with van der Waals surface area (Å²) in [5.74, 6) is -1.09. The summed E-state index contributed by atoms with van der Waals surface area (Å²) in [7, 11) is -2.16. The zero-order valence-electron chi connectivity index (χ0n) is 12.4. The number of carbonyl (C=O) groups excluding carboxylic acids is 1. The molecule has 0 heterocycles. The molecule has 1 aromatic carbocycles. The predicted octanol–water partition coefficient (Wildman–Crippen LogP) is 0.640. The molecule has 0 bridgehead atoms. The Bertz CT molecular complexity index is 584. The largest absolute Gasteiger partial charge is 0.355 e. The number of nitrogens with one attached hydrogen (secondary N) is 3. The van der Waals surface area contributed by atoms with Crippen molar-refractivity contribution < 1.29 is 17.6 Å². The maximum Gasteiger partial charge on any atom is 0.243 e. The molecule has 0 fully saturated rings. The van der Waals surface area contributed by atoms with E-state index in [2.05, 4.69) is 15.4 Å². The average molecular weight is 354 g/mol. The maximum atomic E-state index is 13.4. The highest BCUT2D eigenvalue weighted by Crippen LogP contribution is 2.12. The third-order valence-corrected chi connectivity index (χ3v) is 4.36. The highest BCUT2D eigenvalue weighted by molar-refractivity contribution is 7.89. The minimum Gasteiger partial charge on any atom is -0.355 e. The van der Waals surface area contributed by atoms with Gasteiger partial charge in [0.15, 0.2) is 0 Å². The lowest BCUT2D eigenvalue weighted by atomic mass is 10.3. The third kappa shape index (κ3) is 6.69. The minimum atomic E-state index is -3.94. The first-order valence-corrected chi connectivity index (χ1v) is 8.03. The molecule has 1 amide bonds. The summed E-state index contributed by atoms with van der Waals surface area (Å²) in [5, 5.41) is 5.62. The quantitative estimate of drug-likeness (QED) is 0.640. The van der Waals surface area contributed by atoms with Gasteiger partial charge in [-0.05, 0) is 26.1 Å². The van der Waals surface area contributed by atoms with E-state index < -0.39 is 20.7 Å². The number of sulfonamides is 1. The second-order valence-corrected chi connectivity index (χ2v) is 6.31. The van der Waals surface area contributed by atoms with Gasteiger partial charge in [0.05, 0.1) is 0 Å². The molecule has 1 rings (SSSR count).